The van der Waals surface area contributed by atoms with Crippen molar-refractivity contribution in [1.29, 1.82) is 0 Å². The summed E-state index contributed by atoms with van der Waals surface area (Å²) in [6, 6.07) is 2.68. The average Bonchev–Trinajstić information content (AvgIpc) is 3.39. The minimum atomic E-state index is -2.66. The molecule has 3 atom stereocenters. The van der Waals surface area contributed by atoms with Crippen molar-refractivity contribution >= 4 is 17.8 Å². The molecule has 0 saturated heterocycles. The smallest absolute Gasteiger partial charge is 0.407 e. The number of aromatic nitrogens is 4. The van der Waals surface area contributed by atoms with Crippen molar-refractivity contribution in [3.8, 4) is 5.88 Å². The zero-order valence-electron chi connectivity index (χ0n) is 17.8. The summed E-state index contributed by atoms with van der Waals surface area (Å²) in [6.45, 7) is 2.71. The zero-order chi connectivity index (χ0) is 23.4. The van der Waals surface area contributed by atoms with E-state index in [1.807, 2.05) is 0 Å². The van der Waals surface area contributed by atoms with E-state index in [2.05, 4.69) is 25.9 Å². The summed E-state index contributed by atoms with van der Waals surface area (Å²) >= 11 is 0. The van der Waals surface area contributed by atoms with Crippen LogP contribution in [0.1, 0.15) is 48.8 Å². The molecule has 0 radical (unpaired) electrons. The van der Waals surface area contributed by atoms with Gasteiger partial charge in [-0.3, -0.25) is 14.6 Å². The summed E-state index contributed by atoms with van der Waals surface area (Å²) in [7, 11) is 1.47. The molecular formula is C19H25F3N6O4. The standard InChI is InChI=1S/C19H25F3N6O4/c1-9(2)23-19(30)32-14-5-10(4-11(14)20)12-6-16(26-25-12)24-18(29)13-7-17(27-28(13)3)31-8-15(21)22/h6-7,9-11,14-15H,4-5,8H2,1-3H3,(H,23,30)(H2,24,25,26,29)/t10-,11+,14-/m1/s1. The minimum absolute atomic E-state index is 0.0770. The summed E-state index contributed by atoms with van der Waals surface area (Å²) in [5.74, 6) is -0.760. The first-order chi connectivity index (χ1) is 15.1. The van der Waals surface area contributed by atoms with Gasteiger partial charge in [0.15, 0.2) is 12.4 Å². The summed E-state index contributed by atoms with van der Waals surface area (Å²) in [5, 5.41) is 15.8. The predicted octanol–water partition coefficient (Wildman–Crippen LogP) is 2.76. The molecule has 2 aromatic heterocycles. The Morgan fingerprint density at radius 1 is 1.31 bits per heavy atom. The first kappa shape index (κ1) is 23.4. The minimum Gasteiger partial charge on any atom is -0.471 e. The predicted molar refractivity (Wildman–Crippen MR) is 107 cm³/mol. The number of H-pyrrole nitrogens is 1. The van der Waals surface area contributed by atoms with Gasteiger partial charge >= 0.3 is 6.09 Å². The van der Waals surface area contributed by atoms with Crippen LogP contribution in [-0.4, -0.2) is 63.3 Å². The van der Waals surface area contributed by atoms with Crippen LogP contribution in [0.4, 0.5) is 23.8 Å². The second-order valence-corrected chi connectivity index (χ2v) is 7.78. The lowest BCUT2D eigenvalue weighted by molar-refractivity contribution is 0.0593. The highest BCUT2D eigenvalue weighted by Crippen LogP contribution is 2.37. The van der Waals surface area contributed by atoms with Gasteiger partial charge in [-0.15, -0.1) is 5.10 Å². The summed E-state index contributed by atoms with van der Waals surface area (Å²) < 4.78 is 50.0. The third-order valence-corrected chi connectivity index (χ3v) is 4.82. The highest BCUT2D eigenvalue weighted by Gasteiger charge is 2.39. The highest BCUT2D eigenvalue weighted by molar-refractivity contribution is 6.02. The van der Waals surface area contributed by atoms with Gasteiger partial charge in [-0.25, -0.2) is 18.0 Å². The van der Waals surface area contributed by atoms with E-state index in [0.717, 1.165) is 0 Å². The Hall–Kier alpha value is -3.25. The molecule has 1 fully saturated rings. The number of halogens is 3. The van der Waals surface area contributed by atoms with Crippen LogP contribution in [0.5, 0.6) is 5.88 Å². The van der Waals surface area contributed by atoms with Crippen LogP contribution in [0.3, 0.4) is 0 Å². The van der Waals surface area contributed by atoms with Crippen LogP contribution in [0.25, 0.3) is 0 Å². The monoisotopic (exact) mass is 458 g/mol. The summed E-state index contributed by atoms with van der Waals surface area (Å²) in [5.41, 5.74) is 0.664. The third-order valence-electron chi connectivity index (χ3n) is 4.82. The average molecular weight is 458 g/mol. The number of hydrogen-bond donors (Lipinski definition) is 3. The van der Waals surface area contributed by atoms with Crippen molar-refractivity contribution in [2.24, 2.45) is 7.05 Å². The molecule has 3 N–H and O–H groups in total. The number of nitrogens with zero attached hydrogens (tertiary/aromatic N) is 3. The third kappa shape index (κ3) is 5.92. The number of carbonyl (C=O) groups excluding carboxylic acids is 2. The molecule has 0 aromatic carbocycles. The molecule has 3 rings (SSSR count). The SMILES string of the molecule is CC(C)NC(=O)O[C@@H]1C[C@H](c2cc(NC(=O)c3cc(OCC(F)F)nn3C)n[nH]2)C[C@@H]1F. The lowest BCUT2D eigenvalue weighted by Gasteiger charge is -2.16. The number of anilines is 1. The van der Waals surface area contributed by atoms with Crippen molar-refractivity contribution in [2.75, 3.05) is 11.9 Å². The lowest BCUT2D eigenvalue weighted by atomic mass is 10.0. The Kier molecular flexibility index (Phi) is 7.26. The topological polar surface area (TPSA) is 123 Å². The van der Waals surface area contributed by atoms with Crippen LogP contribution in [0.2, 0.25) is 0 Å². The first-order valence-corrected chi connectivity index (χ1v) is 10.0. The second-order valence-electron chi connectivity index (χ2n) is 7.78. The van der Waals surface area contributed by atoms with Gasteiger partial charge in [-0.1, -0.05) is 0 Å². The van der Waals surface area contributed by atoms with E-state index in [0.29, 0.717) is 5.69 Å². The van der Waals surface area contributed by atoms with E-state index in [4.69, 9.17) is 9.47 Å². The fourth-order valence-corrected chi connectivity index (χ4v) is 3.39. The van der Waals surface area contributed by atoms with Gasteiger partial charge in [-0.05, 0) is 26.7 Å². The van der Waals surface area contributed by atoms with Crippen molar-refractivity contribution in [2.45, 2.75) is 57.3 Å². The molecule has 32 heavy (non-hydrogen) atoms. The van der Waals surface area contributed by atoms with E-state index >= 15 is 0 Å². The molecule has 0 bridgehead atoms. The Morgan fingerprint density at radius 2 is 2.06 bits per heavy atom. The number of ether oxygens (including phenoxy) is 2. The van der Waals surface area contributed by atoms with Crippen molar-refractivity contribution < 1.29 is 32.2 Å². The molecule has 13 heteroatoms. The molecule has 1 saturated carbocycles. The van der Waals surface area contributed by atoms with E-state index in [1.54, 1.807) is 19.9 Å². The molecule has 2 amide bonds. The maximum atomic E-state index is 14.3. The van der Waals surface area contributed by atoms with Gasteiger partial charge in [0.25, 0.3) is 12.3 Å². The summed E-state index contributed by atoms with van der Waals surface area (Å²) in [6.07, 6.45) is -5.11. The van der Waals surface area contributed by atoms with Crippen molar-refractivity contribution in [3.05, 3.63) is 23.5 Å². The Bertz CT molecular complexity index is 947. The number of nitrogens with one attached hydrogen (secondary N) is 3. The first-order valence-electron chi connectivity index (χ1n) is 10.0. The quantitative estimate of drug-likeness (QED) is 0.559. The van der Waals surface area contributed by atoms with Gasteiger partial charge in [-0.2, -0.15) is 5.10 Å². The van der Waals surface area contributed by atoms with E-state index in [9.17, 15) is 22.8 Å². The van der Waals surface area contributed by atoms with E-state index in [1.165, 1.54) is 17.8 Å². The number of carbonyl (C=O) groups is 2. The number of alkyl carbamates (subject to hydrolysis) is 1. The highest BCUT2D eigenvalue weighted by atomic mass is 19.3. The molecule has 1 aliphatic rings. The van der Waals surface area contributed by atoms with Gasteiger partial charge in [0.2, 0.25) is 5.88 Å². The molecule has 176 valence electrons. The number of aryl methyl sites for hydroxylation is 1. The van der Waals surface area contributed by atoms with E-state index in [-0.39, 0.29) is 42.2 Å². The van der Waals surface area contributed by atoms with Crippen molar-refractivity contribution in [1.82, 2.24) is 25.3 Å². The van der Waals surface area contributed by atoms with E-state index < -0.39 is 37.3 Å². The fraction of sp³-hybridized carbons (Fsp3) is 0.579. The second kappa shape index (κ2) is 9.92. The molecule has 0 spiro atoms. The van der Waals surface area contributed by atoms with Crippen LogP contribution in [-0.2, 0) is 11.8 Å². The molecule has 2 aromatic rings. The maximum absolute atomic E-state index is 14.3. The van der Waals surface area contributed by atoms with Gasteiger partial charge < -0.3 is 20.1 Å². The van der Waals surface area contributed by atoms with Crippen LogP contribution in [0.15, 0.2) is 12.1 Å². The molecule has 0 unspecified atom stereocenters. The fourth-order valence-electron chi connectivity index (χ4n) is 3.39. The Labute approximate surface area is 181 Å². The summed E-state index contributed by atoms with van der Waals surface area (Å²) in [4.78, 5) is 24.2. The molecule has 2 heterocycles. The van der Waals surface area contributed by atoms with Gasteiger partial charge in [0.05, 0.1) is 0 Å². The Morgan fingerprint density at radius 3 is 2.75 bits per heavy atom. The zero-order valence-corrected chi connectivity index (χ0v) is 17.8. The van der Waals surface area contributed by atoms with Gasteiger partial charge in [0.1, 0.15) is 18.0 Å². The molecule has 1 aliphatic carbocycles. The lowest BCUT2D eigenvalue weighted by Crippen LogP contribution is -2.35. The van der Waals surface area contributed by atoms with Crippen molar-refractivity contribution in [3.63, 3.8) is 0 Å². The number of hydrogen-bond acceptors (Lipinski definition) is 6. The normalized spacial score (nSPS) is 20.6. The molecular weight excluding hydrogens is 433 g/mol. The molecule has 10 nitrogen and oxygen atoms in total. The number of rotatable bonds is 8. The maximum Gasteiger partial charge on any atom is 0.407 e. The van der Waals surface area contributed by atoms with Crippen LogP contribution in [0, 0.1) is 0 Å². The Balaban J connectivity index is 1.58. The van der Waals surface area contributed by atoms with Gasteiger partial charge in [0, 0.05) is 36.8 Å². The number of amides is 2. The van der Waals surface area contributed by atoms with Crippen LogP contribution >= 0.6 is 0 Å². The largest absolute Gasteiger partial charge is 0.471 e. The molecule has 0 aliphatic heterocycles. The van der Waals surface area contributed by atoms with Crippen LogP contribution < -0.4 is 15.4 Å². The number of alkyl halides is 3. The number of aromatic amines is 1.